The van der Waals surface area contributed by atoms with Gasteiger partial charge in [-0.2, -0.15) is 5.10 Å². The van der Waals surface area contributed by atoms with E-state index in [1.165, 1.54) is 11.1 Å². The zero-order valence-corrected chi connectivity index (χ0v) is 15.0. The minimum absolute atomic E-state index is 0.460. The summed E-state index contributed by atoms with van der Waals surface area (Å²) < 4.78 is 25.1. The summed E-state index contributed by atoms with van der Waals surface area (Å²) >= 11 is 0. The van der Waals surface area contributed by atoms with Crippen molar-refractivity contribution < 1.29 is 8.42 Å². The highest BCUT2D eigenvalue weighted by molar-refractivity contribution is 7.89. The lowest BCUT2D eigenvalue weighted by Crippen LogP contribution is -2.44. The van der Waals surface area contributed by atoms with Crippen molar-refractivity contribution in [2.75, 3.05) is 13.1 Å². The number of aromatic nitrogens is 2. The van der Waals surface area contributed by atoms with Gasteiger partial charge in [-0.05, 0) is 37.4 Å². The van der Waals surface area contributed by atoms with E-state index in [-0.39, 0.29) is 0 Å². The molecule has 7 heteroatoms. The van der Waals surface area contributed by atoms with Crippen molar-refractivity contribution in [2.24, 2.45) is 12.2 Å². The molecule has 3 rings (SSSR count). The number of primary sulfonamides is 1. The third kappa shape index (κ3) is 3.85. The van der Waals surface area contributed by atoms with Crippen LogP contribution in [0, 0.1) is 6.92 Å². The minimum Gasteiger partial charge on any atom is -0.298 e. The Morgan fingerprint density at radius 3 is 2.83 bits per heavy atom. The van der Waals surface area contributed by atoms with Crippen molar-refractivity contribution in [1.29, 1.82) is 0 Å². The number of benzene rings is 1. The second-order valence-electron chi connectivity index (χ2n) is 6.65. The molecule has 0 amide bonds. The summed E-state index contributed by atoms with van der Waals surface area (Å²) in [4.78, 5) is 2.18. The van der Waals surface area contributed by atoms with Gasteiger partial charge >= 0.3 is 0 Å². The van der Waals surface area contributed by atoms with Crippen molar-refractivity contribution in [2.45, 2.75) is 31.6 Å². The van der Waals surface area contributed by atoms with E-state index in [1.807, 2.05) is 19.4 Å². The third-order valence-electron chi connectivity index (χ3n) is 4.60. The van der Waals surface area contributed by atoms with E-state index in [2.05, 4.69) is 35.1 Å². The number of hydrogen-bond donors (Lipinski definition) is 1. The molecule has 1 aliphatic heterocycles. The fourth-order valence-electron chi connectivity index (χ4n) is 3.32. The molecule has 0 saturated carbocycles. The first-order valence-corrected chi connectivity index (χ1v) is 9.76. The summed E-state index contributed by atoms with van der Waals surface area (Å²) in [6, 6.07) is 6.38. The second kappa shape index (κ2) is 6.66. The van der Waals surface area contributed by atoms with Gasteiger partial charge in [0.1, 0.15) is 0 Å². The highest BCUT2D eigenvalue weighted by Gasteiger charge is 2.28. The van der Waals surface area contributed by atoms with E-state index in [0.717, 1.165) is 30.6 Å². The number of piperidine rings is 1. The Balaban J connectivity index is 1.85. The standard InChI is InChI=1S/C17H24N4O2S/c1-13-5-6-14(17(8-13)15-9-19-20(2)10-15)11-21-7-3-4-16(12-21)24(18,22)23/h5-6,8-10,16H,3-4,7,11-12H2,1-2H3,(H2,18,22,23)/t16-/m0/s1. The molecule has 1 atom stereocenters. The summed E-state index contributed by atoms with van der Waals surface area (Å²) in [7, 11) is -1.57. The van der Waals surface area contributed by atoms with E-state index in [4.69, 9.17) is 5.14 Å². The molecule has 24 heavy (non-hydrogen) atoms. The van der Waals surface area contributed by atoms with Gasteiger partial charge in [-0.15, -0.1) is 0 Å². The molecule has 1 aromatic carbocycles. The molecule has 1 aliphatic rings. The van der Waals surface area contributed by atoms with Crippen molar-refractivity contribution in [3.05, 3.63) is 41.7 Å². The van der Waals surface area contributed by atoms with E-state index in [0.29, 0.717) is 13.0 Å². The predicted molar refractivity (Wildman–Crippen MR) is 94.8 cm³/mol. The molecule has 1 fully saturated rings. The number of likely N-dealkylation sites (tertiary alicyclic amines) is 1. The number of rotatable bonds is 4. The maximum atomic E-state index is 11.7. The highest BCUT2D eigenvalue weighted by Crippen LogP contribution is 2.27. The number of sulfonamides is 1. The first-order valence-electron chi connectivity index (χ1n) is 8.15. The van der Waals surface area contributed by atoms with E-state index in [9.17, 15) is 8.42 Å². The fraction of sp³-hybridized carbons (Fsp3) is 0.471. The summed E-state index contributed by atoms with van der Waals surface area (Å²) in [5.41, 5.74) is 4.61. The Hall–Kier alpha value is -1.70. The van der Waals surface area contributed by atoms with Crippen LogP contribution in [-0.4, -0.2) is 41.4 Å². The topological polar surface area (TPSA) is 81.2 Å². The molecule has 130 valence electrons. The number of nitrogens with two attached hydrogens (primary N) is 1. The second-order valence-corrected chi connectivity index (χ2v) is 8.50. The maximum absolute atomic E-state index is 11.7. The molecule has 0 unspecified atom stereocenters. The van der Waals surface area contributed by atoms with Gasteiger partial charge in [0.25, 0.3) is 0 Å². The molecule has 2 N–H and O–H groups in total. The Morgan fingerprint density at radius 2 is 2.17 bits per heavy atom. The van der Waals surface area contributed by atoms with E-state index >= 15 is 0 Å². The lowest BCUT2D eigenvalue weighted by atomic mass is 9.98. The average molecular weight is 348 g/mol. The van der Waals surface area contributed by atoms with Crippen LogP contribution in [0.2, 0.25) is 0 Å². The summed E-state index contributed by atoms with van der Waals surface area (Å²) in [5.74, 6) is 0. The molecule has 0 aliphatic carbocycles. The van der Waals surface area contributed by atoms with E-state index < -0.39 is 15.3 Å². The van der Waals surface area contributed by atoms with Crippen LogP contribution in [0.4, 0.5) is 0 Å². The quantitative estimate of drug-likeness (QED) is 0.911. The summed E-state index contributed by atoms with van der Waals surface area (Å²) in [5, 5.41) is 9.15. The molecular weight excluding hydrogens is 324 g/mol. The predicted octanol–water partition coefficient (Wildman–Crippen LogP) is 1.65. The summed E-state index contributed by atoms with van der Waals surface area (Å²) in [6.07, 6.45) is 5.37. The molecule has 0 spiro atoms. The Bertz CT molecular complexity index is 829. The molecular formula is C17H24N4O2S. The van der Waals surface area contributed by atoms with Crippen molar-refractivity contribution in [3.8, 4) is 11.1 Å². The van der Waals surface area contributed by atoms with Gasteiger partial charge in [0.15, 0.2) is 0 Å². The van der Waals surface area contributed by atoms with Gasteiger partial charge in [-0.3, -0.25) is 9.58 Å². The van der Waals surface area contributed by atoms with Gasteiger partial charge in [-0.25, -0.2) is 13.6 Å². The molecule has 0 radical (unpaired) electrons. The Morgan fingerprint density at radius 1 is 1.38 bits per heavy atom. The number of nitrogens with zero attached hydrogens (tertiary/aromatic N) is 3. The van der Waals surface area contributed by atoms with Gasteiger partial charge in [0, 0.05) is 31.9 Å². The van der Waals surface area contributed by atoms with Crippen LogP contribution in [-0.2, 0) is 23.6 Å². The largest absolute Gasteiger partial charge is 0.298 e. The average Bonchev–Trinajstić information content (AvgIpc) is 2.95. The van der Waals surface area contributed by atoms with Gasteiger partial charge in [-0.1, -0.05) is 23.8 Å². The lowest BCUT2D eigenvalue weighted by molar-refractivity contribution is 0.222. The molecule has 1 saturated heterocycles. The van der Waals surface area contributed by atoms with Crippen LogP contribution in [0.5, 0.6) is 0 Å². The lowest BCUT2D eigenvalue weighted by Gasteiger charge is -2.32. The molecule has 0 bridgehead atoms. The van der Waals surface area contributed by atoms with Crippen molar-refractivity contribution >= 4 is 10.0 Å². The van der Waals surface area contributed by atoms with Crippen molar-refractivity contribution in [3.63, 3.8) is 0 Å². The normalized spacial score (nSPS) is 19.5. The van der Waals surface area contributed by atoms with Crippen LogP contribution >= 0.6 is 0 Å². The van der Waals surface area contributed by atoms with Crippen LogP contribution in [0.15, 0.2) is 30.6 Å². The summed E-state index contributed by atoms with van der Waals surface area (Å²) in [6.45, 7) is 4.18. The van der Waals surface area contributed by atoms with Crippen LogP contribution in [0.3, 0.4) is 0 Å². The molecule has 6 nitrogen and oxygen atoms in total. The van der Waals surface area contributed by atoms with E-state index in [1.54, 1.807) is 4.68 Å². The van der Waals surface area contributed by atoms with Gasteiger partial charge < -0.3 is 0 Å². The van der Waals surface area contributed by atoms with Crippen LogP contribution < -0.4 is 5.14 Å². The van der Waals surface area contributed by atoms with Crippen LogP contribution in [0.25, 0.3) is 11.1 Å². The zero-order valence-electron chi connectivity index (χ0n) is 14.1. The first kappa shape index (κ1) is 17.1. The highest BCUT2D eigenvalue weighted by atomic mass is 32.2. The Kier molecular flexibility index (Phi) is 4.76. The number of aryl methyl sites for hydroxylation is 2. The smallest absolute Gasteiger partial charge is 0.213 e. The van der Waals surface area contributed by atoms with Gasteiger partial charge in [0.2, 0.25) is 10.0 Å². The zero-order chi connectivity index (χ0) is 17.3. The van der Waals surface area contributed by atoms with Crippen LogP contribution in [0.1, 0.15) is 24.0 Å². The number of hydrogen-bond acceptors (Lipinski definition) is 4. The monoisotopic (exact) mass is 348 g/mol. The first-order chi connectivity index (χ1) is 11.3. The fourth-order valence-corrected chi connectivity index (χ4v) is 4.24. The molecule has 2 aromatic rings. The minimum atomic E-state index is -3.47. The third-order valence-corrected chi connectivity index (χ3v) is 5.92. The maximum Gasteiger partial charge on any atom is 0.213 e. The Labute approximate surface area is 143 Å². The van der Waals surface area contributed by atoms with Gasteiger partial charge in [0.05, 0.1) is 11.4 Å². The molecule has 1 aromatic heterocycles. The van der Waals surface area contributed by atoms with Crippen molar-refractivity contribution in [1.82, 2.24) is 14.7 Å². The molecule has 2 heterocycles. The SMILES string of the molecule is Cc1ccc(CN2CCC[C@H](S(N)(=O)=O)C2)c(-c2cnn(C)c2)c1.